The maximum atomic E-state index is 6.20. The second-order valence-electron chi connectivity index (χ2n) is 5.91. The summed E-state index contributed by atoms with van der Waals surface area (Å²) < 4.78 is 0. The molecule has 1 aliphatic rings. The summed E-state index contributed by atoms with van der Waals surface area (Å²) in [5.41, 5.74) is 2.67. The number of benzene rings is 1. The summed E-state index contributed by atoms with van der Waals surface area (Å²) in [4.78, 5) is 2.57. The molecule has 0 atom stereocenters. The number of anilines is 1. The molecule has 0 saturated heterocycles. The zero-order valence-corrected chi connectivity index (χ0v) is 13.0. The number of halogens is 1. The van der Waals surface area contributed by atoms with E-state index in [4.69, 9.17) is 11.6 Å². The SMILES string of the molecule is CNCc1ccc(Cl)cc1N(CCC(C)C)C1CC1. The second kappa shape index (κ2) is 6.62. The van der Waals surface area contributed by atoms with Gasteiger partial charge in [-0.05, 0) is 49.9 Å². The molecule has 1 aromatic carbocycles. The first-order valence-electron chi connectivity index (χ1n) is 7.31. The first-order valence-corrected chi connectivity index (χ1v) is 7.69. The van der Waals surface area contributed by atoms with Crippen molar-refractivity contribution in [3.63, 3.8) is 0 Å². The minimum absolute atomic E-state index is 0.729. The molecule has 0 amide bonds. The van der Waals surface area contributed by atoms with Gasteiger partial charge in [0, 0.05) is 29.8 Å². The smallest absolute Gasteiger partial charge is 0.0429 e. The third-order valence-corrected chi connectivity index (χ3v) is 3.89. The van der Waals surface area contributed by atoms with Gasteiger partial charge in [-0.3, -0.25) is 0 Å². The molecule has 0 radical (unpaired) electrons. The first kappa shape index (κ1) is 14.7. The lowest BCUT2D eigenvalue weighted by molar-refractivity contribution is 0.569. The van der Waals surface area contributed by atoms with E-state index in [-0.39, 0.29) is 0 Å². The van der Waals surface area contributed by atoms with E-state index in [2.05, 4.69) is 36.2 Å². The van der Waals surface area contributed by atoms with Crippen molar-refractivity contribution in [2.75, 3.05) is 18.5 Å². The Bertz CT molecular complexity index is 413. The van der Waals surface area contributed by atoms with Crippen LogP contribution >= 0.6 is 11.6 Å². The molecule has 106 valence electrons. The highest BCUT2D eigenvalue weighted by molar-refractivity contribution is 6.30. The van der Waals surface area contributed by atoms with Gasteiger partial charge in [0.05, 0.1) is 0 Å². The molecular formula is C16H25ClN2. The quantitative estimate of drug-likeness (QED) is 0.810. The normalized spacial score (nSPS) is 15.0. The van der Waals surface area contributed by atoms with Crippen LogP contribution in [0.25, 0.3) is 0 Å². The van der Waals surface area contributed by atoms with Gasteiger partial charge < -0.3 is 10.2 Å². The van der Waals surface area contributed by atoms with E-state index in [1.54, 1.807) is 0 Å². The van der Waals surface area contributed by atoms with E-state index >= 15 is 0 Å². The molecule has 3 heteroatoms. The third-order valence-electron chi connectivity index (χ3n) is 3.66. The van der Waals surface area contributed by atoms with Crippen LogP contribution < -0.4 is 10.2 Å². The number of rotatable bonds is 7. The summed E-state index contributed by atoms with van der Waals surface area (Å²) in [5.74, 6) is 0.744. The van der Waals surface area contributed by atoms with Crippen LogP contribution in [-0.2, 0) is 6.54 Å². The van der Waals surface area contributed by atoms with E-state index in [1.807, 2.05) is 13.1 Å². The number of nitrogens with zero attached hydrogens (tertiary/aromatic N) is 1. The topological polar surface area (TPSA) is 15.3 Å². The van der Waals surface area contributed by atoms with Crippen LogP contribution in [0.15, 0.2) is 18.2 Å². The molecular weight excluding hydrogens is 256 g/mol. The Kier molecular flexibility index (Phi) is 5.12. The Morgan fingerprint density at radius 3 is 2.68 bits per heavy atom. The van der Waals surface area contributed by atoms with Gasteiger partial charge >= 0.3 is 0 Å². The molecule has 1 aliphatic carbocycles. The van der Waals surface area contributed by atoms with Crippen molar-refractivity contribution in [1.29, 1.82) is 0 Å². The first-order chi connectivity index (χ1) is 9.11. The van der Waals surface area contributed by atoms with Gasteiger partial charge in [0.25, 0.3) is 0 Å². The molecule has 1 saturated carbocycles. The lowest BCUT2D eigenvalue weighted by Crippen LogP contribution is -2.29. The summed E-state index contributed by atoms with van der Waals surface area (Å²) in [6, 6.07) is 7.00. The lowest BCUT2D eigenvalue weighted by Gasteiger charge is -2.28. The van der Waals surface area contributed by atoms with Crippen molar-refractivity contribution >= 4 is 17.3 Å². The zero-order chi connectivity index (χ0) is 13.8. The van der Waals surface area contributed by atoms with Gasteiger partial charge in [-0.2, -0.15) is 0 Å². The number of hydrogen-bond donors (Lipinski definition) is 1. The van der Waals surface area contributed by atoms with Crippen molar-refractivity contribution < 1.29 is 0 Å². The van der Waals surface area contributed by atoms with Crippen molar-refractivity contribution in [3.8, 4) is 0 Å². The lowest BCUT2D eigenvalue weighted by atomic mass is 10.1. The molecule has 0 aliphatic heterocycles. The molecule has 0 spiro atoms. The van der Waals surface area contributed by atoms with Gasteiger partial charge in [-0.15, -0.1) is 0 Å². The average Bonchev–Trinajstić information content (AvgIpc) is 3.17. The Morgan fingerprint density at radius 2 is 2.11 bits per heavy atom. The summed E-state index contributed by atoms with van der Waals surface area (Å²) in [6.07, 6.45) is 3.88. The minimum atomic E-state index is 0.729. The summed E-state index contributed by atoms with van der Waals surface area (Å²) >= 11 is 6.20. The van der Waals surface area contributed by atoms with Crippen LogP contribution in [0.5, 0.6) is 0 Å². The highest BCUT2D eigenvalue weighted by atomic mass is 35.5. The van der Waals surface area contributed by atoms with Gasteiger partial charge in [0.1, 0.15) is 0 Å². The molecule has 1 aromatic rings. The van der Waals surface area contributed by atoms with Gasteiger partial charge in [-0.1, -0.05) is 31.5 Å². The van der Waals surface area contributed by atoms with E-state index in [0.29, 0.717) is 0 Å². The highest BCUT2D eigenvalue weighted by Gasteiger charge is 2.30. The fraction of sp³-hybridized carbons (Fsp3) is 0.625. The predicted molar refractivity (Wildman–Crippen MR) is 84.0 cm³/mol. The fourth-order valence-electron chi connectivity index (χ4n) is 2.43. The van der Waals surface area contributed by atoms with Crippen LogP contribution in [0.2, 0.25) is 5.02 Å². The number of nitrogens with one attached hydrogen (secondary N) is 1. The van der Waals surface area contributed by atoms with Crippen molar-refractivity contribution in [2.45, 2.75) is 45.7 Å². The van der Waals surface area contributed by atoms with Crippen LogP contribution in [0, 0.1) is 5.92 Å². The van der Waals surface area contributed by atoms with E-state index in [1.165, 1.54) is 30.5 Å². The number of hydrogen-bond acceptors (Lipinski definition) is 2. The van der Waals surface area contributed by atoms with Crippen molar-refractivity contribution in [2.24, 2.45) is 5.92 Å². The van der Waals surface area contributed by atoms with Crippen LogP contribution in [0.4, 0.5) is 5.69 Å². The fourth-order valence-corrected chi connectivity index (χ4v) is 2.59. The Hall–Kier alpha value is -0.730. The Balaban J connectivity index is 2.21. The monoisotopic (exact) mass is 280 g/mol. The molecule has 2 nitrogen and oxygen atoms in total. The molecule has 19 heavy (non-hydrogen) atoms. The maximum absolute atomic E-state index is 6.20. The maximum Gasteiger partial charge on any atom is 0.0429 e. The van der Waals surface area contributed by atoms with Gasteiger partial charge in [-0.25, -0.2) is 0 Å². The van der Waals surface area contributed by atoms with E-state index < -0.39 is 0 Å². The minimum Gasteiger partial charge on any atom is -0.368 e. The Labute approximate surface area is 122 Å². The molecule has 0 bridgehead atoms. The molecule has 1 N–H and O–H groups in total. The standard InChI is InChI=1S/C16H25ClN2/c1-12(2)8-9-19(15-6-7-15)16-10-14(17)5-4-13(16)11-18-3/h4-5,10,12,15,18H,6-9,11H2,1-3H3. The molecule has 1 fully saturated rings. The largest absolute Gasteiger partial charge is 0.368 e. The van der Waals surface area contributed by atoms with Crippen LogP contribution in [0.1, 0.15) is 38.7 Å². The highest BCUT2D eigenvalue weighted by Crippen LogP contribution is 2.35. The molecule has 0 aromatic heterocycles. The van der Waals surface area contributed by atoms with E-state index in [0.717, 1.165) is 30.1 Å². The summed E-state index contributed by atoms with van der Waals surface area (Å²) in [6.45, 7) is 6.62. The summed E-state index contributed by atoms with van der Waals surface area (Å²) in [5, 5.41) is 4.09. The third kappa shape index (κ3) is 4.12. The van der Waals surface area contributed by atoms with Crippen molar-refractivity contribution in [3.05, 3.63) is 28.8 Å². The van der Waals surface area contributed by atoms with E-state index in [9.17, 15) is 0 Å². The van der Waals surface area contributed by atoms with Crippen molar-refractivity contribution in [1.82, 2.24) is 5.32 Å². The van der Waals surface area contributed by atoms with Gasteiger partial charge in [0.2, 0.25) is 0 Å². The van der Waals surface area contributed by atoms with Gasteiger partial charge in [0.15, 0.2) is 0 Å². The van der Waals surface area contributed by atoms with Crippen LogP contribution in [0.3, 0.4) is 0 Å². The zero-order valence-electron chi connectivity index (χ0n) is 12.2. The van der Waals surface area contributed by atoms with Crippen LogP contribution in [-0.4, -0.2) is 19.6 Å². The average molecular weight is 281 g/mol. The second-order valence-corrected chi connectivity index (χ2v) is 6.35. The molecule has 0 heterocycles. The predicted octanol–water partition coefficient (Wildman–Crippen LogP) is 4.07. The molecule has 0 unspecified atom stereocenters. The Morgan fingerprint density at radius 1 is 1.37 bits per heavy atom. The summed E-state index contributed by atoms with van der Waals surface area (Å²) in [7, 11) is 1.99. The molecule has 2 rings (SSSR count).